The number of hydrogen-bond acceptors (Lipinski definition) is 3. The van der Waals surface area contributed by atoms with Crippen LogP contribution in [0.15, 0.2) is 29.3 Å². The Morgan fingerprint density at radius 3 is 2.37 bits per heavy atom. The fourth-order valence-corrected chi connectivity index (χ4v) is 3.74. The predicted octanol–water partition coefficient (Wildman–Crippen LogP) is 3.68. The zero-order valence-corrected chi connectivity index (χ0v) is 19.7. The van der Waals surface area contributed by atoms with Crippen LogP contribution >= 0.6 is 24.0 Å². The van der Waals surface area contributed by atoms with Crippen LogP contribution in [0, 0.1) is 5.41 Å². The summed E-state index contributed by atoms with van der Waals surface area (Å²) in [4.78, 5) is 6.51. The van der Waals surface area contributed by atoms with E-state index in [-0.39, 0.29) is 24.0 Å². The summed E-state index contributed by atoms with van der Waals surface area (Å²) >= 11 is 0. The Labute approximate surface area is 182 Å². The summed E-state index contributed by atoms with van der Waals surface area (Å²) in [7, 11) is 7.77. The van der Waals surface area contributed by atoms with Crippen molar-refractivity contribution in [2.24, 2.45) is 10.4 Å². The molecule has 1 aromatic rings. The molecule has 0 atom stereocenters. The van der Waals surface area contributed by atoms with E-state index >= 15 is 0 Å². The first-order valence-electron chi connectivity index (χ1n) is 9.78. The number of benzene rings is 1. The predicted molar refractivity (Wildman–Crippen MR) is 127 cm³/mol. The SMILES string of the molecule is CN=C(NCCc1ccc(N(C)C)cc1)NCC1(CCOC)CCCC1.I. The van der Waals surface area contributed by atoms with Gasteiger partial charge in [0.1, 0.15) is 0 Å². The number of anilines is 1. The molecule has 0 aromatic heterocycles. The molecule has 1 aliphatic rings. The van der Waals surface area contributed by atoms with Crippen LogP contribution in [-0.4, -0.2) is 53.9 Å². The quantitative estimate of drug-likeness (QED) is 0.317. The highest BCUT2D eigenvalue weighted by Gasteiger charge is 2.33. The number of halogens is 1. The molecule has 1 fully saturated rings. The van der Waals surface area contributed by atoms with Gasteiger partial charge in [-0.3, -0.25) is 4.99 Å². The summed E-state index contributed by atoms with van der Waals surface area (Å²) in [6.07, 6.45) is 7.37. The number of nitrogens with zero attached hydrogens (tertiary/aromatic N) is 2. The maximum Gasteiger partial charge on any atom is 0.191 e. The Bertz CT molecular complexity index is 554. The van der Waals surface area contributed by atoms with Gasteiger partial charge in [-0.2, -0.15) is 0 Å². The summed E-state index contributed by atoms with van der Waals surface area (Å²) < 4.78 is 5.32. The smallest absolute Gasteiger partial charge is 0.191 e. The van der Waals surface area contributed by atoms with Crippen LogP contribution in [0.3, 0.4) is 0 Å². The second-order valence-corrected chi connectivity index (χ2v) is 7.61. The lowest BCUT2D eigenvalue weighted by atomic mass is 9.83. The third kappa shape index (κ3) is 7.86. The van der Waals surface area contributed by atoms with Crippen LogP contribution in [0.2, 0.25) is 0 Å². The van der Waals surface area contributed by atoms with Gasteiger partial charge >= 0.3 is 0 Å². The van der Waals surface area contributed by atoms with E-state index < -0.39 is 0 Å². The van der Waals surface area contributed by atoms with Gasteiger partial charge in [0.2, 0.25) is 0 Å². The van der Waals surface area contributed by atoms with Gasteiger partial charge in [0.05, 0.1) is 0 Å². The summed E-state index contributed by atoms with van der Waals surface area (Å²) in [6, 6.07) is 8.74. The third-order valence-corrected chi connectivity index (χ3v) is 5.51. The van der Waals surface area contributed by atoms with Crippen molar-refractivity contribution in [3.63, 3.8) is 0 Å². The Morgan fingerprint density at radius 1 is 1.15 bits per heavy atom. The standard InChI is InChI=1S/C21H36N4O.HI/c1-22-20(24-17-21(14-16-26-4)12-5-6-13-21)23-15-11-18-7-9-19(10-8-18)25(2)3;/h7-10H,5-6,11-17H2,1-4H3,(H2,22,23,24);1H. The minimum Gasteiger partial charge on any atom is -0.385 e. The summed E-state index contributed by atoms with van der Waals surface area (Å²) in [5.41, 5.74) is 2.94. The van der Waals surface area contributed by atoms with E-state index in [0.717, 1.165) is 38.5 Å². The lowest BCUT2D eigenvalue weighted by molar-refractivity contribution is 0.138. The lowest BCUT2D eigenvalue weighted by Gasteiger charge is -2.30. The van der Waals surface area contributed by atoms with E-state index in [2.05, 4.69) is 58.9 Å². The first-order valence-corrected chi connectivity index (χ1v) is 9.78. The number of methoxy groups -OCH3 is 1. The average molecular weight is 488 g/mol. The van der Waals surface area contributed by atoms with Gasteiger partial charge in [-0.1, -0.05) is 25.0 Å². The van der Waals surface area contributed by atoms with E-state index in [9.17, 15) is 0 Å². The van der Waals surface area contributed by atoms with Crippen LogP contribution in [0.1, 0.15) is 37.7 Å². The van der Waals surface area contributed by atoms with Crippen LogP contribution in [0.25, 0.3) is 0 Å². The van der Waals surface area contributed by atoms with Crippen molar-refractivity contribution in [2.75, 3.05) is 52.8 Å². The highest BCUT2D eigenvalue weighted by atomic mass is 127. The molecule has 0 amide bonds. The first kappa shape index (κ1) is 24.0. The van der Waals surface area contributed by atoms with E-state index in [4.69, 9.17) is 4.74 Å². The largest absolute Gasteiger partial charge is 0.385 e. The molecule has 0 bridgehead atoms. The summed E-state index contributed by atoms with van der Waals surface area (Å²) in [5.74, 6) is 0.901. The fourth-order valence-electron chi connectivity index (χ4n) is 3.74. The molecule has 6 heteroatoms. The number of aliphatic imine (C=N–C) groups is 1. The maximum atomic E-state index is 5.32. The third-order valence-electron chi connectivity index (χ3n) is 5.51. The topological polar surface area (TPSA) is 48.9 Å². The number of guanidine groups is 1. The van der Waals surface area contributed by atoms with Gasteiger partial charge in [-0.25, -0.2) is 0 Å². The van der Waals surface area contributed by atoms with Crippen molar-refractivity contribution in [3.8, 4) is 0 Å². The number of nitrogens with one attached hydrogen (secondary N) is 2. The van der Waals surface area contributed by atoms with Gasteiger partial charge in [-0.15, -0.1) is 24.0 Å². The van der Waals surface area contributed by atoms with Crippen LogP contribution < -0.4 is 15.5 Å². The maximum absolute atomic E-state index is 5.32. The van der Waals surface area contributed by atoms with Crippen LogP contribution in [-0.2, 0) is 11.2 Å². The minimum atomic E-state index is 0. The van der Waals surface area contributed by atoms with E-state index in [1.807, 2.05) is 7.05 Å². The van der Waals surface area contributed by atoms with Crippen molar-refractivity contribution in [2.45, 2.75) is 38.5 Å². The molecule has 0 unspecified atom stereocenters. The number of hydrogen-bond donors (Lipinski definition) is 2. The highest BCUT2D eigenvalue weighted by molar-refractivity contribution is 14.0. The molecule has 0 aliphatic heterocycles. The molecule has 0 heterocycles. The van der Waals surface area contributed by atoms with Crippen LogP contribution in [0.5, 0.6) is 0 Å². The molecule has 2 rings (SSSR count). The van der Waals surface area contributed by atoms with Gasteiger partial charge in [-0.05, 0) is 48.8 Å². The molecule has 0 saturated heterocycles. The Balaban J connectivity index is 0.00000364. The summed E-state index contributed by atoms with van der Waals surface area (Å²) in [5, 5.41) is 7.00. The zero-order valence-electron chi connectivity index (χ0n) is 17.4. The van der Waals surface area contributed by atoms with E-state index in [0.29, 0.717) is 5.41 Å². The average Bonchev–Trinajstić information content (AvgIpc) is 3.12. The molecule has 0 spiro atoms. The highest BCUT2D eigenvalue weighted by Crippen LogP contribution is 2.40. The molecule has 154 valence electrons. The zero-order chi connectivity index (χ0) is 18.8. The van der Waals surface area contributed by atoms with Gasteiger partial charge in [0.25, 0.3) is 0 Å². The Kier molecular flexibility index (Phi) is 11.1. The first-order chi connectivity index (χ1) is 12.6. The molecular formula is C21H37IN4O. The Hall–Kier alpha value is -1.02. The minimum absolute atomic E-state index is 0. The van der Waals surface area contributed by atoms with Crippen molar-refractivity contribution in [1.29, 1.82) is 0 Å². The monoisotopic (exact) mass is 488 g/mol. The van der Waals surface area contributed by atoms with Crippen LogP contribution in [0.4, 0.5) is 5.69 Å². The second-order valence-electron chi connectivity index (χ2n) is 7.61. The van der Waals surface area contributed by atoms with Gasteiger partial charge in [0, 0.05) is 53.6 Å². The van der Waals surface area contributed by atoms with Crippen molar-refractivity contribution >= 4 is 35.6 Å². The van der Waals surface area contributed by atoms with Crippen molar-refractivity contribution < 1.29 is 4.74 Å². The normalized spacial score (nSPS) is 15.9. The lowest BCUT2D eigenvalue weighted by Crippen LogP contribution is -2.43. The molecule has 2 N–H and O–H groups in total. The van der Waals surface area contributed by atoms with E-state index in [1.165, 1.54) is 36.9 Å². The van der Waals surface area contributed by atoms with Gasteiger partial charge < -0.3 is 20.3 Å². The number of ether oxygens (including phenoxy) is 1. The van der Waals surface area contributed by atoms with Crippen molar-refractivity contribution in [3.05, 3.63) is 29.8 Å². The van der Waals surface area contributed by atoms with E-state index in [1.54, 1.807) is 7.11 Å². The molecule has 27 heavy (non-hydrogen) atoms. The van der Waals surface area contributed by atoms with Gasteiger partial charge in [0.15, 0.2) is 5.96 Å². The summed E-state index contributed by atoms with van der Waals surface area (Å²) in [6.45, 7) is 2.70. The Morgan fingerprint density at radius 2 is 1.81 bits per heavy atom. The molecular weight excluding hydrogens is 451 g/mol. The van der Waals surface area contributed by atoms with Crippen molar-refractivity contribution in [1.82, 2.24) is 10.6 Å². The second kappa shape index (κ2) is 12.4. The fraction of sp³-hybridized carbons (Fsp3) is 0.667. The molecule has 1 aliphatic carbocycles. The molecule has 0 radical (unpaired) electrons. The number of rotatable bonds is 9. The molecule has 1 saturated carbocycles. The molecule has 5 nitrogen and oxygen atoms in total. The molecule has 1 aromatic carbocycles.